The second-order valence-electron chi connectivity index (χ2n) is 3.44. The molecule has 7 heteroatoms. The van der Waals surface area contributed by atoms with E-state index in [1.165, 1.54) is 0 Å². The summed E-state index contributed by atoms with van der Waals surface area (Å²) >= 11 is 16.3. The molecule has 2 heterocycles. The SMILES string of the molecule is CCc1nc(-c2ncc(Br)cc2Br)nc(Cl)c1Br. The van der Waals surface area contributed by atoms with E-state index in [1.807, 2.05) is 13.0 Å². The van der Waals surface area contributed by atoms with E-state index < -0.39 is 0 Å². The lowest BCUT2D eigenvalue weighted by molar-refractivity contribution is 0.982. The van der Waals surface area contributed by atoms with Crippen LogP contribution < -0.4 is 0 Å². The molecule has 0 fully saturated rings. The minimum Gasteiger partial charge on any atom is -0.251 e. The third-order valence-electron chi connectivity index (χ3n) is 2.23. The molecule has 2 aromatic rings. The van der Waals surface area contributed by atoms with Crippen LogP contribution in [0.3, 0.4) is 0 Å². The molecule has 0 N–H and O–H groups in total. The molecular weight excluding hydrogens is 449 g/mol. The van der Waals surface area contributed by atoms with E-state index in [2.05, 4.69) is 62.7 Å². The molecule has 0 saturated heterocycles. The number of hydrogen-bond donors (Lipinski definition) is 0. The molecule has 0 unspecified atom stereocenters. The number of nitrogens with zero attached hydrogens (tertiary/aromatic N) is 3. The predicted molar refractivity (Wildman–Crippen MR) is 82.8 cm³/mol. The molecule has 0 amide bonds. The van der Waals surface area contributed by atoms with Crippen LogP contribution in [0.1, 0.15) is 12.6 Å². The Morgan fingerprint density at radius 3 is 2.56 bits per heavy atom. The van der Waals surface area contributed by atoms with Crippen molar-refractivity contribution in [3.05, 3.63) is 36.5 Å². The van der Waals surface area contributed by atoms with Crippen molar-refractivity contribution in [3.8, 4) is 11.5 Å². The van der Waals surface area contributed by atoms with Crippen molar-refractivity contribution in [1.29, 1.82) is 0 Å². The van der Waals surface area contributed by atoms with E-state index in [9.17, 15) is 0 Å². The van der Waals surface area contributed by atoms with Gasteiger partial charge in [0.25, 0.3) is 0 Å². The van der Waals surface area contributed by atoms with Crippen molar-refractivity contribution in [1.82, 2.24) is 15.0 Å². The number of halogens is 4. The molecule has 0 aliphatic carbocycles. The highest BCUT2D eigenvalue weighted by molar-refractivity contribution is 9.11. The summed E-state index contributed by atoms with van der Waals surface area (Å²) in [4.78, 5) is 13.0. The fourth-order valence-corrected chi connectivity index (χ4v) is 3.19. The number of rotatable bonds is 2. The van der Waals surface area contributed by atoms with Gasteiger partial charge in [-0.05, 0) is 60.3 Å². The molecule has 94 valence electrons. The molecule has 0 aliphatic rings. The van der Waals surface area contributed by atoms with E-state index in [0.29, 0.717) is 16.7 Å². The third-order valence-corrected chi connectivity index (χ3v) is 4.61. The zero-order valence-electron chi connectivity index (χ0n) is 9.22. The number of pyridine rings is 1. The van der Waals surface area contributed by atoms with Crippen molar-refractivity contribution in [2.75, 3.05) is 0 Å². The summed E-state index contributed by atoms with van der Waals surface area (Å²) in [5.41, 5.74) is 1.53. The van der Waals surface area contributed by atoms with Crippen LogP contribution in [0.25, 0.3) is 11.5 Å². The Bertz CT molecular complexity index is 604. The Labute approximate surface area is 135 Å². The lowest BCUT2D eigenvalue weighted by Crippen LogP contribution is -1.99. The van der Waals surface area contributed by atoms with Crippen molar-refractivity contribution >= 4 is 59.4 Å². The molecule has 0 spiro atoms. The average molecular weight is 456 g/mol. The summed E-state index contributed by atoms with van der Waals surface area (Å²) in [6.07, 6.45) is 2.47. The van der Waals surface area contributed by atoms with Gasteiger partial charge < -0.3 is 0 Å². The molecule has 0 atom stereocenters. The Hall–Kier alpha value is -0.0400. The molecule has 0 aromatic carbocycles. The van der Waals surface area contributed by atoms with Crippen LogP contribution in [0.15, 0.2) is 25.7 Å². The predicted octanol–water partition coefficient (Wildman–Crippen LogP) is 5.04. The summed E-state index contributed by atoms with van der Waals surface area (Å²) in [5, 5.41) is 0.397. The maximum absolute atomic E-state index is 6.08. The molecular formula is C11H7Br3ClN3. The van der Waals surface area contributed by atoms with E-state index >= 15 is 0 Å². The molecule has 18 heavy (non-hydrogen) atoms. The van der Waals surface area contributed by atoms with Gasteiger partial charge in [-0.2, -0.15) is 0 Å². The van der Waals surface area contributed by atoms with E-state index in [-0.39, 0.29) is 0 Å². The molecule has 3 nitrogen and oxygen atoms in total. The van der Waals surface area contributed by atoms with E-state index in [1.54, 1.807) is 6.20 Å². The van der Waals surface area contributed by atoms with Gasteiger partial charge in [-0.3, -0.25) is 4.98 Å². The Kier molecular flexibility index (Phi) is 4.75. The first-order chi connectivity index (χ1) is 8.52. The van der Waals surface area contributed by atoms with Gasteiger partial charge in [0, 0.05) is 15.1 Å². The zero-order chi connectivity index (χ0) is 13.3. The van der Waals surface area contributed by atoms with Gasteiger partial charge in [0.2, 0.25) is 0 Å². The second-order valence-corrected chi connectivity index (χ2v) is 6.36. The topological polar surface area (TPSA) is 38.7 Å². The smallest absolute Gasteiger partial charge is 0.181 e. The van der Waals surface area contributed by atoms with Gasteiger partial charge in [-0.1, -0.05) is 18.5 Å². The Morgan fingerprint density at radius 2 is 1.94 bits per heavy atom. The first-order valence-corrected chi connectivity index (χ1v) is 7.82. The van der Waals surface area contributed by atoms with Crippen LogP contribution in [-0.4, -0.2) is 15.0 Å². The van der Waals surface area contributed by atoms with Crippen molar-refractivity contribution in [2.24, 2.45) is 0 Å². The first-order valence-electron chi connectivity index (χ1n) is 5.06. The van der Waals surface area contributed by atoms with Crippen molar-refractivity contribution in [2.45, 2.75) is 13.3 Å². The summed E-state index contributed by atoms with van der Waals surface area (Å²) in [7, 11) is 0. The van der Waals surface area contributed by atoms with Gasteiger partial charge in [-0.25, -0.2) is 9.97 Å². The van der Waals surface area contributed by atoms with Crippen LogP contribution in [0.2, 0.25) is 5.15 Å². The summed E-state index contributed by atoms with van der Waals surface area (Å²) in [5.74, 6) is 0.513. The molecule has 0 bridgehead atoms. The maximum Gasteiger partial charge on any atom is 0.181 e. The van der Waals surface area contributed by atoms with Crippen LogP contribution in [-0.2, 0) is 6.42 Å². The van der Waals surface area contributed by atoms with Gasteiger partial charge >= 0.3 is 0 Å². The minimum absolute atomic E-state index is 0.397. The molecule has 0 saturated carbocycles. The van der Waals surface area contributed by atoms with E-state index in [0.717, 1.165) is 25.5 Å². The third kappa shape index (κ3) is 2.92. The van der Waals surface area contributed by atoms with Gasteiger partial charge in [0.15, 0.2) is 5.82 Å². The summed E-state index contributed by atoms with van der Waals surface area (Å²) < 4.78 is 2.44. The van der Waals surface area contributed by atoms with Crippen LogP contribution >= 0.6 is 59.4 Å². The fourth-order valence-electron chi connectivity index (χ4n) is 1.38. The van der Waals surface area contributed by atoms with Gasteiger partial charge in [-0.15, -0.1) is 0 Å². The van der Waals surface area contributed by atoms with Gasteiger partial charge in [0.05, 0.1) is 10.2 Å². The molecule has 0 aliphatic heterocycles. The number of aromatic nitrogens is 3. The molecule has 2 rings (SSSR count). The normalized spacial score (nSPS) is 10.7. The summed E-state index contributed by atoms with van der Waals surface area (Å²) in [6.45, 7) is 2.01. The Morgan fingerprint density at radius 1 is 1.22 bits per heavy atom. The molecule has 0 radical (unpaired) electrons. The minimum atomic E-state index is 0.397. The highest BCUT2D eigenvalue weighted by Gasteiger charge is 2.14. The first kappa shape index (κ1) is 14.4. The van der Waals surface area contributed by atoms with Crippen molar-refractivity contribution in [3.63, 3.8) is 0 Å². The van der Waals surface area contributed by atoms with Crippen molar-refractivity contribution < 1.29 is 0 Å². The molecule has 2 aromatic heterocycles. The Balaban J connectivity index is 2.60. The quantitative estimate of drug-likeness (QED) is 0.595. The fraction of sp³-hybridized carbons (Fsp3) is 0.182. The van der Waals surface area contributed by atoms with Gasteiger partial charge in [0.1, 0.15) is 10.8 Å². The highest BCUT2D eigenvalue weighted by Crippen LogP contribution is 2.30. The number of aryl methyl sites for hydroxylation is 1. The average Bonchev–Trinajstić information content (AvgIpc) is 2.32. The summed E-state index contributed by atoms with van der Waals surface area (Å²) in [6, 6.07) is 1.90. The monoisotopic (exact) mass is 453 g/mol. The van der Waals surface area contributed by atoms with Crippen LogP contribution in [0.5, 0.6) is 0 Å². The highest BCUT2D eigenvalue weighted by atomic mass is 79.9. The zero-order valence-corrected chi connectivity index (χ0v) is 14.7. The lowest BCUT2D eigenvalue weighted by Gasteiger charge is -2.07. The van der Waals surface area contributed by atoms with Crippen LogP contribution in [0.4, 0.5) is 0 Å². The van der Waals surface area contributed by atoms with E-state index in [4.69, 9.17) is 11.6 Å². The maximum atomic E-state index is 6.08. The second kappa shape index (κ2) is 5.94. The number of hydrogen-bond acceptors (Lipinski definition) is 3. The standard InChI is InChI=1S/C11H7Br3ClN3/c1-2-7-8(14)10(15)18-11(17-7)9-6(13)3-5(12)4-16-9/h3-4H,2H2,1H3. The lowest BCUT2D eigenvalue weighted by atomic mass is 10.3. The van der Waals surface area contributed by atoms with Crippen LogP contribution in [0, 0.1) is 0 Å². The largest absolute Gasteiger partial charge is 0.251 e.